The summed E-state index contributed by atoms with van der Waals surface area (Å²) in [6.45, 7) is 0. The van der Waals surface area contributed by atoms with Crippen LogP contribution >= 0.6 is 45.2 Å². The van der Waals surface area contributed by atoms with Crippen molar-refractivity contribution in [3.05, 3.63) is 79.9 Å². The highest BCUT2D eigenvalue weighted by Gasteiger charge is 2.12. The van der Waals surface area contributed by atoms with Crippen LogP contribution in [-0.2, 0) is 0 Å². The smallest absolute Gasteiger partial charge is 0.0215 e. The molecule has 0 saturated carbocycles. The zero-order valence-corrected chi connectivity index (χ0v) is 15.0. The van der Waals surface area contributed by atoms with Gasteiger partial charge >= 0.3 is 0 Å². The minimum absolute atomic E-state index is 1.26. The molecule has 0 atom stereocenters. The lowest BCUT2D eigenvalue weighted by molar-refractivity contribution is 1.53. The Bertz CT molecular complexity index is 733. The normalized spacial score (nSPS) is 10.5. The molecular formula is C18H12I2. The van der Waals surface area contributed by atoms with E-state index < -0.39 is 0 Å². The highest BCUT2D eigenvalue weighted by molar-refractivity contribution is 14.1. The standard InChI is InChI=1S/C18H12I2/c19-16-11-5-4-9-15(16)18-14(10-6-12-17(18)20)13-7-2-1-3-8-13/h1-12H. The van der Waals surface area contributed by atoms with Crippen molar-refractivity contribution < 1.29 is 0 Å². The van der Waals surface area contributed by atoms with Gasteiger partial charge in [-0.3, -0.25) is 0 Å². The lowest BCUT2D eigenvalue weighted by Crippen LogP contribution is -1.91. The first-order valence-corrected chi connectivity index (χ1v) is 8.52. The van der Waals surface area contributed by atoms with E-state index in [1.807, 2.05) is 0 Å². The maximum absolute atomic E-state index is 2.43. The third-order valence-electron chi connectivity index (χ3n) is 3.24. The number of hydrogen-bond donors (Lipinski definition) is 0. The van der Waals surface area contributed by atoms with Gasteiger partial charge in [-0.1, -0.05) is 60.7 Å². The van der Waals surface area contributed by atoms with E-state index in [1.165, 1.54) is 29.4 Å². The van der Waals surface area contributed by atoms with Gasteiger partial charge in [-0.2, -0.15) is 0 Å². The largest absolute Gasteiger partial charge is 0.0622 e. The van der Waals surface area contributed by atoms with Gasteiger partial charge in [-0.25, -0.2) is 0 Å². The number of halogens is 2. The van der Waals surface area contributed by atoms with Crippen molar-refractivity contribution in [3.63, 3.8) is 0 Å². The fourth-order valence-corrected chi connectivity index (χ4v) is 3.77. The topological polar surface area (TPSA) is 0 Å². The van der Waals surface area contributed by atoms with Crippen LogP contribution in [0.5, 0.6) is 0 Å². The summed E-state index contributed by atoms with van der Waals surface area (Å²) in [4.78, 5) is 0. The predicted octanol–water partition coefficient (Wildman–Crippen LogP) is 6.23. The van der Waals surface area contributed by atoms with Gasteiger partial charge in [0.2, 0.25) is 0 Å². The molecule has 0 nitrogen and oxygen atoms in total. The quantitative estimate of drug-likeness (QED) is 0.380. The minimum Gasteiger partial charge on any atom is -0.0622 e. The molecule has 3 aromatic carbocycles. The van der Waals surface area contributed by atoms with E-state index in [0.717, 1.165) is 0 Å². The van der Waals surface area contributed by atoms with Gasteiger partial charge < -0.3 is 0 Å². The van der Waals surface area contributed by atoms with Gasteiger partial charge in [0.1, 0.15) is 0 Å². The number of hydrogen-bond acceptors (Lipinski definition) is 0. The molecule has 0 radical (unpaired) electrons. The van der Waals surface area contributed by atoms with Crippen molar-refractivity contribution in [2.45, 2.75) is 0 Å². The van der Waals surface area contributed by atoms with E-state index in [1.54, 1.807) is 0 Å². The Labute approximate surface area is 146 Å². The molecule has 3 rings (SSSR count). The number of benzene rings is 3. The molecule has 2 heteroatoms. The van der Waals surface area contributed by atoms with Gasteiger partial charge in [0.05, 0.1) is 0 Å². The molecule has 0 bridgehead atoms. The molecule has 0 amide bonds. The van der Waals surface area contributed by atoms with E-state index in [0.29, 0.717) is 0 Å². The molecular weight excluding hydrogens is 470 g/mol. The second-order valence-corrected chi connectivity index (χ2v) is 6.83. The molecule has 0 aromatic heterocycles. The molecule has 0 spiro atoms. The molecule has 0 unspecified atom stereocenters. The maximum atomic E-state index is 2.43. The van der Waals surface area contributed by atoms with Crippen LogP contribution in [0.3, 0.4) is 0 Å². The first kappa shape index (κ1) is 14.1. The molecule has 0 N–H and O–H groups in total. The highest BCUT2D eigenvalue weighted by atomic mass is 127. The predicted molar refractivity (Wildman–Crippen MR) is 103 cm³/mol. The molecule has 0 saturated heterocycles. The summed E-state index contributed by atoms with van der Waals surface area (Å²) in [5.74, 6) is 0. The van der Waals surface area contributed by atoms with Crippen LogP contribution in [0, 0.1) is 7.14 Å². The molecule has 0 aliphatic heterocycles. The summed E-state index contributed by atoms with van der Waals surface area (Å²) in [6.07, 6.45) is 0. The summed E-state index contributed by atoms with van der Waals surface area (Å²) < 4.78 is 2.57. The van der Waals surface area contributed by atoms with Crippen molar-refractivity contribution in [1.82, 2.24) is 0 Å². The van der Waals surface area contributed by atoms with Crippen LogP contribution in [0.15, 0.2) is 72.8 Å². The van der Waals surface area contributed by atoms with Crippen LogP contribution in [0.4, 0.5) is 0 Å². The monoisotopic (exact) mass is 482 g/mol. The molecule has 20 heavy (non-hydrogen) atoms. The van der Waals surface area contributed by atoms with Crippen molar-refractivity contribution in [2.24, 2.45) is 0 Å². The average molecular weight is 482 g/mol. The van der Waals surface area contributed by atoms with Crippen molar-refractivity contribution >= 4 is 45.2 Å². The Hall–Kier alpha value is -0.880. The van der Waals surface area contributed by atoms with Gasteiger partial charge in [0.15, 0.2) is 0 Å². The summed E-state index contributed by atoms with van der Waals surface area (Å²) in [6, 6.07) is 25.6. The van der Waals surface area contributed by atoms with Crippen LogP contribution in [0.25, 0.3) is 22.3 Å². The van der Waals surface area contributed by atoms with Crippen molar-refractivity contribution in [2.75, 3.05) is 0 Å². The Balaban J connectivity index is 2.29. The van der Waals surface area contributed by atoms with E-state index >= 15 is 0 Å². The lowest BCUT2D eigenvalue weighted by Gasteiger charge is -2.14. The molecule has 98 valence electrons. The van der Waals surface area contributed by atoms with Crippen LogP contribution in [0.2, 0.25) is 0 Å². The van der Waals surface area contributed by atoms with Gasteiger partial charge in [-0.05, 0) is 74.0 Å². The van der Waals surface area contributed by atoms with Gasteiger partial charge in [0, 0.05) is 12.7 Å². The van der Waals surface area contributed by atoms with Gasteiger partial charge in [0.25, 0.3) is 0 Å². The summed E-state index contributed by atoms with van der Waals surface area (Å²) in [7, 11) is 0. The third kappa shape index (κ3) is 2.76. The minimum atomic E-state index is 1.26. The van der Waals surface area contributed by atoms with E-state index in [2.05, 4.69) is 118 Å². The Morgan fingerprint density at radius 2 is 1.10 bits per heavy atom. The maximum Gasteiger partial charge on any atom is 0.0215 e. The Kier molecular flexibility index (Phi) is 4.41. The summed E-state index contributed by atoms with van der Waals surface area (Å²) >= 11 is 4.84. The zero-order chi connectivity index (χ0) is 13.9. The lowest BCUT2D eigenvalue weighted by atomic mass is 9.95. The Morgan fingerprint density at radius 3 is 1.85 bits per heavy atom. The van der Waals surface area contributed by atoms with Crippen molar-refractivity contribution in [1.29, 1.82) is 0 Å². The third-order valence-corrected chi connectivity index (χ3v) is 5.08. The highest BCUT2D eigenvalue weighted by Crippen LogP contribution is 2.37. The fourth-order valence-electron chi connectivity index (χ4n) is 2.32. The second kappa shape index (κ2) is 6.26. The van der Waals surface area contributed by atoms with E-state index in [4.69, 9.17) is 0 Å². The second-order valence-electron chi connectivity index (χ2n) is 4.51. The Morgan fingerprint density at radius 1 is 0.500 bits per heavy atom. The summed E-state index contributed by atoms with van der Waals surface area (Å²) in [5, 5.41) is 0. The molecule has 0 aliphatic carbocycles. The SMILES string of the molecule is Ic1ccccc1-c1c(I)cccc1-c1ccccc1. The molecule has 0 aliphatic rings. The van der Waals surface area contributed by atoms with Crippen LogP contribution in [0.1, 0.15) is 0 Å². The van der Waals surface area contributed by atoms with E-state index in [9.17, 15) is 0 Å². The summed E-state index contributed by atoms with van der Waals surface area (Å²) in [5.41, 5.74) is 5.18. The van der Waals surface area contributed by atoms with E-state index in [-0.39, 0.29) is 0 Å². The zero-order valence-electron chi connectivity index (χ0n) is 10.7. The molecule has 0 heterocycles. The fraction of sp³-hybridized carbons (Fsp3) is 0. The number of rotatable bonds is 2. The van der Waals surface area contributed by atoms with Crippen molar-refractivity contribution in [3.8, 4) is 22.3 Å². The first-order valence-electron chi connectivity index (χ1n) is 6.36. The van der Waals surface area contributed by atoms with Crippen LogP contribution in [-0.4, -0.2) is 0 Å². The molecule has 0 fully saturated rings. The van der Waals surface area contributed by atoms with Gasteiger partial charge in [-0.15, -0.1) is 0 Å². The molecule has 3 aromatic rings. The van der Waals surface area contributed by atoms with Crippen LogP contribution < -0.4 is 0 Å². The first-order chi connectivity index (χ1) is 9.77. The average Bonchev–Trinajstić information content (AvgIpc) is 2.49.